The molecule has 0 amide bonds. The predicted octanol–water partition coefficient (Wildman–Crippen LogP) is 5.23. The van der Waals surface area contributed by atoms with Gasteiger partial charge in [0.05, 0.1) is 11.7 Å². The Hall–Kier alpha value is -1.68. The summed E-state index contributed by atoms with van der Waals surface area (Å²) in [6.07, 6.45) is 11.3. The number of aromatic nitrogens is 1. The number of nitrogens with zero attached hydrogens (tertiary/aromatic N) is 3. The van der Waals surface area contributed by atoms with E-state index in [1.54, 1.807) is 11.3 Å². The van der Waals surface area contributed by atoms with E-state index in [0.717, 1.165) is 17.6 Å². The first-order valence-corrected chi connectivity index (χ1v) is 10.1. The van der Waals surface area contributed by atoms with E-state index < -0.39 is 0 Å². The van der Waals surface area contributed by atoms with Gasteiger partial charge in [0.2, 0.25) is 4.80 Å². The van der Waals surface area contributed by atoms with E-state index in [9.17, 15) is 0 Å². The van der Waals surface area contributed by atoms with Gasteiger partial charge in [-0.3, -0.25) is 4.99 Å². The van der Waals surface area contributed by atoms with Crippen molar-refractivity contribution in [2.75, 3.05) is 0 Å². The first kappa shape index (κ1) is 15.8. The Kier molecular flexibility index (Phi) is 4.93. The van der Waals surface area contributed by atoms with Crippen molar-refractivity contribution in [1.82, 2.24) is 4.68 Å². The van der Waals surface area contributed by atoms with Crippen molar-refractivity contribution in [3.63, 3.8) is 0 Å². The summed E-state index contributed by atoms with van der Waals surface area (Å²) < 4.78 is 2.12. The van der Waals surface area contributed by atoms with Crippen LogP contribution in [0.1, 0.15) is 57.8 Å². The van der Waals surface area contributed by atoms with Gasteiger partial charge in [-0.15, -0.1) is 11.3 Å². The number of rotatable bonds is 3. The fourth-order valence-electron chi connectivity index (χ4n) is 3.68. The van der Waals surface area contributed by atoms with Crippen molar-refractivity contribution in [2.24, 2.45) is 10.1 Å². The smallest absolute Gasteiger partial charge is 0.206 e. The normalized spacial score (nSPS) is 19.8. The number of hydrogen-bond donors (Lipinski definition) is 0. The maximum absolute atomic E-state index is 5.08. The maximum Gasteiger partial charge on any atom is 0.206 e. The SMILES string of the molecule is c1ccc(-c2csc(=NC3CCCCC3)n2N=C2CCCC2)cc1. The van der Waals surface area contributed by atoms with Crippen molar-refractivity contribution in [1.29, 1.82) is 0 Å². The molecule has 4 rings (SSSR count). The van der Waals surface area contributed by atoms with Crippen LogP contribution >= 0.6 is 11.3 Å². The Morgan fingerprint density at radius 2 is 1.67 bits per heavy atom. The highest BCUT2D eigenvalue weighted by molar-refractivity contribution is 7.07. The third-order valence-corrected chi connectivity index (χ3v) is 5.88. The van der Waals surface area contributed by atoms with E-state index in [2.05, 4.69) is 40.4 Å². The third-order valence-electron chi connectivity index (χ3n) is 5.04. The van der Waals surface area contributed by atoms with Crippen LogP contribution in [0.5, 0.6) is 0 Å². The van der Waals surface area contributed by atoms with E-state index in [-0.39, 0.29) is 0 Å². The highest BCUT2D eigenvalue weighted by Crippen LogP contribution is 2.23. The highest BCUT2D eigenvalue weighted by Gasteiger charge is 2.15. The molecule has 1 aromatic heterocycles. The fraction of sp³-hybridized carbons (Fsp3) is 0.500. The second-order valence-corrected chi connectivity index (χ2v) is 7.71. The van der Waals surface area contributed by atoms with Gasteiger partial charge in [-0.05, 0) is 38.5 Å². The van der Waals surface area contributed by atoms with Gasteiger partial charge in [0.1, 0.15) is 0 Å². The summed E-state index contributed by atoms with van der Waals surface area (Å²) in [5.41, 5.74) is 3.73. The lowest BCUT2D eigenvalue weighted by molar-refractivity contribution is 0.435. The molecule has 24 heavy (non-hydrogen) atoms. The average molecular weight is 340 g/mol. The van der Waals surface area contributed by atoms with Gasteiger partial charge in [-0.25, -0.2) is 4.68 Å². The largest absolute Gasteiger partial charge is 0.254 e. The van der Waals surface area contributed by atoms with Gasteiger partial charge in [0.25, 0.3) is 0 Å². The molecule has 0 atom stereocenters. The minimum absolute atomic E-state index is 0.482. The molecule has 1 aromatic carbocycles. The van der Waals surface area contributed by atoms with E-state index in [0.29, 0.717) is 6.04 Å². The maximum atomic E-state index is 5.08. The van der Waals surface area contributed by atoms with Crippen LogP contribution in [0.2, 0.25) is 0 Å². The van der Waals surface area contributed by atoms with Crippen LogP contribution in [0.25, 0.3) is 11.3 Å². The summed E-state index contributed by atoms with van der Waals surface area (Å²) in [6.45, 7) is 0. The van der Waals surface area contributed by atoms with Crippen LogP contribution in [-0.4, -0.2) is 16.4 Å². The zero-order valence-electron chi connectivity index (χ0n) is 14.2. The fourth-order valence-corrected chi connectivity index (χ4v) is 4.59. The Labute approximate surface area is 147 Å². The van der Waals surface area contributed by atoms with E-state index in [4.69, 9.17) is 10.1 Å². The van der Waals surface area contributed by atoms with E-state index in [1.807, 2.05) is 0 Å². The molecule has 126 valence electrons. The second-order valence-electron chi connectivity index (χ2n) is 6.88. The molecule has 0 N–H and O–H groups in total. The molecule has 0 radical (unpaired) electrons. The highest BCUT2D eigenvalue weighted by atomic mass is 32.1. The van der Waals surface area contributed by atoms with Crippen molar-refractivity contribution < 1.29 is 0 Å². The standard InChI is InChI=1S/C20H25N3S/c1-3-9-16(10-4-1)19-15-24-20(21-17-11-5-2-6-12-17)23(19)22-18-13-7-8-14-18/h1,3-4,9-10,15,17H,2,5-8,11-14H2. The molecule has 0 spiro atoms. The molecule has 2 saturated carbocycles. The molecular formula is C20H25N3S. The van der Waals surface area contributed by atoms with Gasteiger partial charge >= 0.3 is 0 Å². The zero-order chi connectivity index (χ0) is 16.2. The van der Waals surface area contributed by atoms with Gasteiger partial charge in [-0.1, -0.05) is 49.6 Å². The van der Waals surface area contributed by atoms with Gasteiger partial charge in [0, 0.05) is 16.7 Å². The molecule has 3 nitrogen and oxygen atoms in total. The molecule has 2 fully saturated rings. The minimum Gasteiger partial charge on any atom is -0.254 e. The Morgan fingerprint density at radius 3 is 2.42 bits per heavy atom. The van der Waals surface area contributed by atoms with E-state index >= 15 is 0 Å². The second kappa shape index (κ2) is 7.47. The lowest BCUT2D eigenvalue weighted by atomic mass is 9.96. The Bertz CT molecular complexity index is 756. The predicted molar refractivity (Wildman–Crippen MR) is 101 cm³/mol. The minimum atomic E-state index is 0.482. The number of thiazole rings is 1. The van der Waals surface area contributed by atoms with Gasteiger partial charge < -0.3 is 0 Å². The monoisotopic (exact) mass is 339 g/mol. The molecule has 0 saturated heterocycles. The number of benzene rings is 1. The van der Waals surface area contributed by atoms with Crippen molar-refractivity contribution in [3.8, 4) is 11.3 Å². The lowest BCUT2D eigenvalue weighted by Crippen LogP contribution is -2.19. The molecule has 2 aliphatic rings. The van der Waals surface area contributed by atoms with Crippen molar-refractivity contribution >= 4 is 17.0 Å². The Morgan fingerprint density at radius 1 is 0.917 bits per heavy atom. The summed E-state index contributed by atoms with van der Waals surface area (Å²) in [4.78, 5) is 6.15. The summed E-state index contributed by atoms with van der Waals surface area (Å²) in [7, 11) is 0. The summed E-state index contributed by atoms with van der Waals surface area (Å²) >= 11 is 1.74. The topological polar surface area (TPSA) is 29.6 Å². The van der Waals surface area contributed by atoms with Crippen LogP contribution in [0.15, 0.2) is 45.8 Å². The summed E-state index contributed by atoms with van der Waals surface area (Å²) in [5, 5.41) is 7.23. The molecule has 0 unspecified atom stereocenters. The van der Waals surface area contributed by atoms with Crippen LogP contribution in [0, 0.1) is 0 Å². The third kappa shape index (κ3) is 3.54. The summed E-state index contributed by atoms with van der Waals surface area (Å²) in [5.74, 6) is 0. The Balaban J connectivity index is 1.77. The van der Waals surface area contributed by atoms with Crippen LogP contribution < -0.4 is 4.80 Å². The van der Waals surface area contributed by atoms with Gasteiger partial charge in [0.15, 0.2) is 0 Å². The molecule has 1 heterocycles. The average Bonchev–Trinajstić information content (AvgIpc) is 3.28. The van der Waals surface area contributed by atoms with Crippen molar-refractivity contribution in [3.05, 3.63) is 40.5 Å². The first-order valence-electron chi connectivity index (χ1n) is 9.27. The van der Waals surface area contributed by atoms with Gasteiger partial charge in [-0.2, -0.15) is 5.10 Å². The number of hydrogen-bond acceptors (Lipinski definition) is 3. The summed E-state index contributed by atoms with van der Waals surface area (Å²) in [6, 6.07) is 11.1. The molecular weight excluding hydrogens is 314 g/mol. The van der Waals surface area contributed by atoms with Crippen LogP contribution in [0.3, 0.4) is 0 Å². The quantitative estimate of drug-likeness (QED) is 0.733. The molecule has 2 aliphatic carbocycles. The lowest BCUT2D eigenvalue weighted by Gasteiger charge is -2.17. The zero-order valence-corrected chi connectivity index (χ0v) is 15.0. The van der Waals surface area contributed by atoms with Crippen LogP contribution in [-0.2, 0) is 0 Å². The molecule has 4 heteroatoms. The first-order chi connectivity index (χ1) is 11.9. The van der Waals surface area contributed by atoms with E-state index in [1.165, 1.54) is 61.9 Å². The van der Waals surface area contributed by atoms with Crippen molar-refractivity contribution in [2.45, 2.75) is 63.8 Å². The molecule has 0 bridgehead atoms. The molecule has 0 aliphatic heterocycles. The molecule has 2 aromatic rings. The van der Waals surface area contributed by atoms with Crippen LogP contribution in [0.4, 0.5) is 0 Å².